The molecule has 1 atom stereocenters. The van der Waals surface area contributed by atoms with Crippen molar-refractivity contribution in [1.29, 1.82) is 0 Å². The van der Waals surface area contributed by atoms with Crippen LogP contribution in [0.5, 0.6) is 5.75 Å². The van der Waals surface area contributed by atoms with Gasteiger partial charge in [0, 0.05) is 6.07 Å². The summed E-state index contributed by atoms with van der Waals surface area (Å²) in [6.45, 7) is 2.55. The summed E-state index contributed by atoms with van der Waals surface area (Å²) in [6, 6.07) is 3.36. The van der Waals surface area contributed by atoms with Crippen LogP contribution in [0.15, 0.2) is 21.0 Å². The maximum absolute atomic E-state index is 11.5. The highest BCUT2D eigenvalue weighted by Crippen LogP contribution is 2.33. The summed E-state index contributed by atoms with van der Waals surface area (Å²) < 4.78 is 11.8. The summed E-state index contributed by atoms with van der Waals surface area (Å²) in [5, 5.41) is 8.27. The normalized spacial score (nSPS) is 12.3. The highest BCUT2D eigenvalue weighted by atomic mass is 79.9. The summed E-state index contributed by atoms with van der Waals surface area (Å²) in [5.41, 5.74) is 0.935. The molecule has 0 saturated heterocycles. The van der Waals surface area contributed by atoms with E-state index < -0.39 is 23.4 Å². The molecule has 0 spiro atoms. The minimum absolute atomic E-state index is 0.0388. The number of thiol groups is 1. The molecule has 1 heterocycles. The smallest absolute Gasteiger partial charge is 0.304 e. The van der Waals surface area contributed by atoms with Crippen LogP contribution in [-0.2, 0) is 9.59 Å². The highest BCUT2D eigenvalue weighted by Gasteiger charge is 2.27. The number of hydrogen-bond donors (Lipinski definition) is 2. The summed E-state index contributed by atoms with van der Waals surface area (Å²) in [7, 11) is 0. The number of rotatable bonds is 7. The quantitative estimate of drug-likeness (QED) is 0.707. The monoisotopic (exact) mass is 387 g/mol. The molecule has 6 nitrogen and oxygen atoms in total. The van der Waals surface area contributed by atoms with E-state index in [0.717, 1.165) is 6.42 Å². The molecule has 1 N–H and O–H groups in total. The van der Waals surface area contributed by atoms with Crippen molar-refractivity contribution in [1.82, 2.24) is 4.98 Å². The van der Waals surface area contributed by atoms with Gasteiger partial charge in [0.15, 0.2) is 10.7 Å². The zero-order valence-electron chi connectivity index (χ0n) is 11.7. The third-order valence-electron chi connectivity index (χ3n) is 2.90. The Morgan fingerprint density at radius 1 is 1.50 bits per heavy atom. The summed E-state index contributed by atoms with van der Waals surface area (Å²) in [5.74, 6) is -1.50. The molecule has 0 radical (unpaired) electrons. The predicted octanol–water partition coefficient (Wildman–Crippen LogP) is 3.39. The molecule has 8 heteroatoms. The average Bonchev–Trinajstić information content (AvgIpc) is 2.83. The van der Waals surface area contributed by atoms with Gasteiger partial charge in [-0.3, -0.25) is 9.59 Å². The van der Waals surface area contributed by atoms with E-state index in [1.165, 1.54) is 0 Å². The molecule has 1 unspecified atom stereocenters. The van der Waals surface area contributed by atoms with Gasteiger partial charge in [-0.1, -0.05) is 6.92 Å². The second-order valence-corrected chi connectivity index (χ2v) is 5.93. The fraction of sp³-hybridized carbons (Fsp3) is 0.357. The standard InChI is InChI=1S/C14H14BrNO5S/c1-2-3-20-10-6-11-9(5-8(10)15)16-13(21-11)7(14(19)22)4-12(17)18/h5-7H,2-4H2,1H3,(H,17,18)(H,19,22). The van der Waals surface area contributed by atoms with E-state index in [9.17, 15) is 9.59 Å². The number of benzene rings is 1. The van der Waals surface area contributed by atoms with Gasteiger partial charge in [0.05, 0.1) is 17.5 Å². The number of nitrogens with zero attached hydrogens (tertiary/aromatic N) is 1. The SMILES string of the molecule is CCCOc1cc2oc(C(CC(=O)O)C(=O)S)nc2cc1Br. The summed E-state index contributed by atoms with van der Waals surface area (Å²) >= 11 is 7.09. The van der Waals surface area contributed by atoms with Gasteiger partial charge in [-0.2, -0.15) is 0 Å². The average molecular weight is 388 g/mol. The van der Waals surface area contributed by atoms with E-state index in [1.807, 2.05) is 6.92 Å². The zero-order chi connectivity index (χ0) is 16.3. The Kier molecular flexibility index (Phi) is 5.47. The molecule has 2 rings (SSSR count). The zero-order valence-corrected chi connectivity index (χ0v) is 14.2. The third kappa shape index (κ3) is 3.80. The van der Waals surface area contributed by atoms with E-state index in [0.29, 0.717) is 27.9 Å². The molecule has 0 aliphatic heterocycles. The first-order chi connectivity index (χ1) is 10.4. The molecule has 1 aromatic carbocycles. The number of hydrogen-bond acceptors (Lipinski definition) is 5. The lowest BCUT2D eigenvalue weighted by Crippen LogP contribution is -2.12. The molecule has 22 heavy (non-hydrogen) atoms. The molecule has 2 aromatic rings. The first-order valence-electron chi connectivity index (χ1n) is 6.59. The van der Waals surface area contributed by atoms with Crippen LogP contribution in [-0.4, -0.2) is 27.8 Å². The maximum Gasteiger partial charge on any atom is 0.304 e. The number of oxazole rings is 1. The Morgan fingerprint density at radius 3 is 2.82 bits per heavy atom. The Morgan fingerprint density at radius 2 is 2.23 bits per heavy atom. The van der Waals surface area contributed by atoms with E-state index in [2.05, 4.69) is 33.5 Å². The van der Waals surface area contributed by atoms with Crippen LogP contribution < -0.4 is 4.74 Å². The fourth-order valence-electron chi connectivity index (χ4n) is 1.87. The molecule has 0 bridgehead atoms. The van der Waals surface area contributed by atoms with Gasteiger partial charge in [0.25, 0.3) is 0 Å². The molecule has 0 fully saturated rings. The topological polar surface area (TPSA) is 89.6 Å². The maximum atomic E-state index is 11.5. The van der Waals surface area contributed by atoms with Crippen molar-refractivity contribution >= 4 is 50.7 Å². The van der Waals surface area contributed by atoms with E-state index in [1.54, 1.807) is 12.1 Å². The van der Waals surface area contributed by atoms with Crippen molar-refractivity contribution in [2.45, 2.75) is 25.7 Å². The number of ether oxygens (including phenoxy) is 1. The Hall–Kier alpha value is -1.54. The van der Waals surface area contributed by atoms with Crippen LogP contribution in [0.4, 0.5) is 0 Å². The van der Waals surface area contributed by atoms with Crippen LogP contribution in [0.25, 0.3) is 11.1 Å². The first kappa shape index (κ1) is 16.8. The lowest BCUT2D eigenvalue weighted by Gasteiger charge is -2.05. The number of carbonyl (C=O) groups excluding carboxylic acids is 1. The van der Waals surface area contributed by atoms with Crippen molar-refractivity contribution in [2.75, 3.05) is 6.61 Å². The molecule has 0 saturated carbocycles. The van der Waals surface area contributed by atoms with Crippen LogP contribution in [0.2, 0.25) is 0 Å². The van der Waals surface area contributed by atoms with Crippen molar-refractivity contribution < 1.29 is 23.8 Å². The lowest BCUT2D eigenvalue weighted by molar-refractivity contribution is -0.138. The van der Waals surface area contributed by atoms with Gasteiger partial charge < -0.3 is 14.3 Å². The van der Waals surface area contributed by atoms with Crippen molar-refractivity contribution in [2.24, 2.45) is 0 Å². The van der Waals surface area contributed by atoms with Crippen molar-refractivity contribution in [3.63, 3.8) is 0 Å². The van der Waals surface area contributed by atoms with Gasteiger partial charge in [-0.05, 0) is 28.4 Å². The van der Waals surface area contributed by atoms with Crippen LogP contribution in [0.1, 0.15) is 31.6 Å². The molecule has 0 aliphatic rings. The number of fused-ring (bicyclic) bond motifs is 1. The number of aliphatic carboxylic acids is 1. The summed E-state index contributed by atoms with van der Waals surface area (Å²) in [6.07, 6.45) is 0.441. The van der Waals surface area contributed by atoms with Gasteiger partial charge in [-0.15, -0.1) is 12.6 Å². The first-order valence-corrected chi connectivity index (χ1v) is 7.83. The van der Waals surface area contributed by atoms with E-state index >= 15 is 0 Å². The molecule has 118 valence electrons. The minimum atomic E-state index is -1.12. The van der Waals surface area contributed by atoms with Crippen molar-refractivity contribution in [3.05, 3.63) is 22.5 Å². The van der Waals surface area contributed by atoms with Crippen LogP contribution >= 0.6 is 28.6 Å². The number of carboxylic acids is 1. The molecular formula is C14H14BrNO5S. The van der Waals surface area contributed by atoms with E-state index in [4.69, 9.17) is 14.3 Å². The Bertz CT molecular complexity index is 715. The predicted molar refractivity (Wildman–Crippen MR) is 86.5 cm³/mol. The number of aromatic nitrogens is 1. The van der Waals surface area contributed by atoms with Gasteiger partial charge in [0.1, 0.15) is 17.2 Å². The number of halogens is 1. The third-order valence-corrected chi connectivity index (χ3v) is 3.83. The molecule has 0 aliphatic carbocycles. The van der Waals surface area contributed by atoms with Crippen molar-refractivity contribution in [3.8, 4) is 5.75 Å². The second kappa shape index (κ2) is 7.15. The fourth-order valence-corrected chi connectivity index (χ4v) is 2.52. The molecule has 1 aromatic heterocycles. The lowest BCUT2D eigenvalue weighted by atomic mass is 10.1. The second-order valence-electron chi connectivity index (χ2n) is 4.64. The van der Waals surface area contributed by atoms with E-state index in [-0.39, 0.29) is 5.89 Å². The molecule has 0 amide bonds. The van der Waals surface area contributed by atoms with Gasteiger partial charge in [0.2, 0.25) is 5.89 Å². The largest absolute Gasteiger partial charge is 0.492 e. The number of carboxylic acid groups (broad SMARTS) is 1. The van der Waals surface area contributed by atoms with Gasteiger partial charge in [-0.25, -0.2) is 4.98 Å². The highest BCUT2D eigenvalue weighted by molar-refractivity contribution is 9.10. The van der Waals surface area contributed by atoms with Crippen LogP contribution in [0, 0.1) is 0 Å². The van der Waals surface area contributed by atoms with Crippen LogP contribution in [0.3, 0.4) is 0 Å². The Balaban J connectivity index is 2.40. The summed E-state index contributed by atoms with van der Waals surface area (Å²) in [4.78, 5) is 26.5. The number of carbonyl (C=O) groups is 2. The Labute approximate surface area is 140 Å². The van der Waals surface area contributed by atoms with Gasteiger partial charge >= 0.3 is 5.97 Å². The minimum Gasteiger partial charge on any atom is -0.492 e. The molecular weight excluding hydrogens is 374 g/mol.